The number of benzene rings is 1. The minimum absolute atomic E-state index is 0.138. The number of nitrogens with zero attached hydrogens (tertiary/aromatic N) is 4. The topological polar surface area (TPSA) is 107 Å². The second-order valence-electron chi connectivity index (χ2n) is 4.00. The summed E-state index contributed by atoms with van der Waals surface area (Å²) >= 11 is 0. The first-order valence-electron chi connectivity index (χ1n) is 5.16. The molecule has 1 aromatic carbocycles. The lowest BCUT2D eigenvalue weighted by Crippen LogP contribution is -2.32. The van der Waals surface area contributed by atoms with Crippen molar-refractivity contribution in [2.45, 2.75) is 18.7 Å². The first kappa shape index (κ1) is 9.95. The fourth-order valence-corrected chi connectivity index (χ4v) is 2.35. The summed E-state index contributed by atoms with van der Waals surface area (Å²) in [6.45, 7) is 0.138. The van der Waals surface area contributed by atoms with E-state index in [1.165, 1.54) is 4.57 Å². The molecule has 2 N–H and O–H groups in total. The molecule has 0 radical (unpaired) electrons. The van der Waals surface area contributed by atoms with E-state index in [4.69, 9.17) is 5.53 Å². The van der Waals surface area contributed by atoms with E-state index in [1.807, 2.05) is 0 Å². The average Bonchev–Trinajstić information content (AvgIpc) is 2.62. The summed E-state index contributed by atoms with van der Waals surface area (Å²) in [4.78, 5) is 17.1. The van der Waals surface area contributed by atoms with E-state index in [0.29, 0.717) is 16.6 Å². The standard InChI is InChI=1S/C10H9N5O2/c11-14-13-8-5-2-1-3-6-9(5)15(4-7(8)16)10(17)12-6/h1-3,7-8,16H,4H2,(H,12,17)/t7-,8-/m1/s1. The van der Waals surface area contributed by atoms with Crippen LogP contribution >= 0.6 is 0 Å². The van der Waals surface area contributed by atoms with Crippen LogP contribution in [0.25, 0.3) is 21.5 Å². The van der Waals surface area contributed by atoms with Crippen molar-refractivity contribution < 1.29 is 5.11 Å². The number of aromatic nitrogens is 2. The minimum Gasteiger partial charge on any atom is -0.390 e. The summed E-state index contributed by atoms with van der Waals surface area (Å²) in [5, 5.41) is 13.5. The molecule has 0 spiro atoms. The highest BCUT2D eigenvalue weighted by Gasteiger charge is 2.29. The Morgan fingerprint density at radius 3 is 3.18 bits per heavy atom. The van der Waals surface area contributed by atoms with Gasteiger partial charge in [-0.05, 0) is 17.2 Å². The van der Waals surface area contributed by atoms with Gasteiger partial charge < -0.3 is 10.1 Å². The predicted octanol–water partition coefficient (Wildman–Crippen LogP) is 1.06. The number of aliphatic hydroxyl groups is 1. The highest BCUT2D eigenvalue weighted by Crippen LogP contribution is 2.32. The van der Waals surface area contributed by atoms with Gasteiger partial charge in [0.05, 0.1) is 29.7 Å². The molecule has 7 heteroatoms. The van der Waals surface area contributed by atoms with Gasteiger partial charge in [-0.25, -0.2) is 4.79 Å². The Bertz CT molecular complexity index is 694. The molecule has 86 valence electrons. The number of aliphatic hydroxyl groups excluding tert-OH is 1. The Morgan fingerprint density at radius 2 is 2.41 bits per heavy atom. The third-order valence-corrected chi connectivity index (χ3v) is 3.05. The van der Waals surface area contributed by atoms with Crippen LogP contribution in [0.3, 0.4) is 0 Å². The third-order valence-electron chi connectivity index (χ3n) is 3.05. The summed E-state index contributed by atoms with van der Waals surface area (Å²) in [7, 11) is 0. The molecule has 1 aliphatic heterocycles. The predicted molar refractivity (Wildman–Crippen MR) is 60.5 cm³/mol. The van der Waals surface area contributed by atoms with Crippen molar-refractivity contribution in [3.05, 3.63) is 44.7 Å². The molecule has 2 heterocycles. The van der Waals surface area contributed by atoms with Crippen molar-refractivity contribution in [2.24, 2.45) is 5.11 Å². The maximum Gasteiger partial charge on any atom is 0.326 e. The van der Waals surface area contributed by atoms with Gasteiger partial charge in [0.1, 0.15) is 0 Å². The van der Waals surface area contributed by atoms with Crippen LogP contribution in [-0.2, 0) is 6.54 Å². The molecule has 0 bridgehead atoms. The van der Waals surface area contributed by atoms with Gasteiger partial charge in [0.15, 0.2) is 0 Å². The summed E-state index contributed by atoms with van der Waals surface area (Å²) in [5.41, 5.74) is 10.3. The van der Waals surface area contributed by atoms with Crippen molar-refractivity contribution in [2.75, 3.05) is 0 Å². The molecule has 2 aromatic rings. The van der Waals surface area contributed by atoms with Gasteiger partial charge in [-0.1, -0.05) is 17.2 Å². The van der Waals surface area contributed by atoms with Gasteiger partial charge in [0, 0.05) is 4.91 Å². The van der Waals surface area contributed by atoms with Crippen LogP contribution in [0.1, 0.15) is 11.6 Å². The van der Waals surface area contributed by atoms with E-state index in [2.05, 4.69) is 15.0 Å². The largest absolute Gasteiger partial charge is 0.390 e. The second kappa shape index (κ2) is 3.38. The van der Waals surface area contributed by atoms with Gasteiger partial charge in [-0.2, -0.15) is 0 Å². The van der Waals surface area contributed by atoms with Crippen molar-refractivity contribution in [1.29, 1.82) is 0 Å². The van der Waals surface area contributed by atoms with Gasteiger partial charge in [0.25, 0.3) is 0 Å². The molecule has 2 atom stereocenters. The summed E-state index contributed by atoms with van der Waals surface area (Å²) in [6.07, 6.45) is -0.877. The number of hydrogen-bond donors (Lipinski definition) is 2. The highest BCUT2D eigenvalue weighted by atomic mass is 16.3. The van der Waals surface area contributed by atoms with Crippen LogP contribution < -0.4 is 5.69 Å². The zero-order valence-corrected chi connectivity index (χ0v) is 8.74. The number of hydrogen-bond acceptors (Lipinski definition) is 3. The molecule has 7 nitrogen and oxygen atoms in total. The van der Waals surface area contributed by atoms with Crippen molar-refractivity contribution >= 4 is 11.0 Å². The number of imidazole rings is 1. The molecule has 0 saturated carbocycles. The Kier molecular flexibility index (Phi) is 1.98. The Balaban J connectivity index is 2.40. The first-order valence-corrected chi connectivity index (χ1v) is 5.16. The fraction of sp³-hybridized carbons (Fsp3) is 0.300. The summed E-state index contributed by atoms with van der Waals surface area (Å²) in [5.74, 6) is 0. The number of azide groups is 1. The number of nitrogens with one attached hydrogen (secondary N) is 1. The Hall–Kier alpha value is -2.24. The number of aromatic amines is 1. The van der Waals surface area contributed by atoms with Crippen LogP contribution in [0, 0.1) is 0 Å². The number of para-hydroxylation sites is 1. The summed E-state index contributed by atoms with van der Waals surface area (Å²) in [6, 6.07) is 4.66. The van der Waals surface area contributed by atoms with Gasteiger partial charge in [-0.3, -0.25) is 4.57 Å². The van der Waals surface area contributed by atoms with Crippen LogP contribution in [0.5, 0.6) is 0 Å². The normalized spacial score (nSPS) is 22.4. The molecule has 0 saturated heterocycles. The third kappa shape index (κ3) is 1.27. The van der Waals surface area contributed by atoms with Crippen LogP contribution in [0.15, 0.2) is 28.1 Å². The molecule has 3 rings (SSSR count). The number of H-pyrrole nitrogens is 1. The molecule has 0 aliphatic carbocycles. The zero-order valence-electron chi connectivity index (χ0n) is 8.74. The first-order chi connectivity index (χ1) is 8.22. The van der Waals surface area contributed by atoms with Gasteiger partial charge in [0.2, 0.25) is 0 Å². The molecule has 1 aliphatic rings. The van der Waals surface area contributed by atoms with Gasteiger partial charge >= 0.3 is 5.69 Å². The lowest BCUT2D eigenvalue weighted by molar-refractivity contribution is 0.120. The van der Waals surface area contributed by atoms with Crippen molar-refractivity contribution in [3.63, 3.8) is 0 Å². The molecular formula is C10H9N5O2. The Morgan fingerprint density at radius 1 is 1.59 bits per heavy atom. The molecule has 17 heavy (non-hydrogen) atoms. The zero-order chi connectivity index (χ0) is 12.0. The SMILES string of the molecule is [N-]=[N+]=N[C@@H]1c2cccc3[nH]c(=O)n(c23)C[C@H]1O. The molecule has 1 aromatic heterocycles. The fourth-order valence-electron chi connectivity index (χ4n) is 2.35. The monoisotopic (exact) mass is 231 g/mol. The molecule has 0 fully saturated rings. The Labute approximate surface area is 94.9 Å². The van der Waals surface area contributed by atoms with E-state index in [9.17, 15) is 9.90 Å². The van der Waals surface area contributed by atoms with Crippen LogP contribution in [-0.4, -0.2) is 20.8 Å². The second-order valence-corrected chi connectivity index (χ2v) is 4.00. The van der Waals surface area contributed by atoms with Crippen LogP contribution in [0.2, 0.25) is 0 Å². The lowest BCUT2D eigenvalue weighted by atomic mass is 9.97. The highest BCUT2D eigenvalue weighted by molar-refractivity contribution is 5.80. The van der Waals surface area contributed by atoms with E-state index < -0.39 is 12.1 Å². The maximum absolute atomic E-state index is 11.7. The smallest absolute Gasteiger partial charge is 0.326 e. The summed E-state index contributed by atoms with van der Waals surface area (Å²) < 4.78 is 1.47. The van der Waals surface area contributed by atoms with Gasteiger partial charge in [-0.15, -0.1) is 0 Å². The van der Waals surface area contributed by atoms with E-state index in [0.717, 1.165) is 0 Å². The van der Waals surface area contributed by atoms with Crippen molar-refractivity contribution in [1.82, 2.24) is 9.55 Å². The average molecular weight is 231 g/mol. The van der Waals surface area contributed by atoms with E-state index in [1.54, 1.807) is 18.2 Å². The molecular weight excluding hydrogens is 222 g/mol. The molecule has 0 amide bonds. The van der Waals surface area contributed by atoms with Crippen LogP contribution in [0.4, 0.5) is 0 Å². The quantitative estimate of drug-likeness (QED) is 0.435. The van der Waals surface area contributed by atoms with E-state index >= 15 is 0 Å². The number of rotatable bonds is 1. The maximum atomic E-state index is 11.7. The lowest BCUT2D eigenvalue weighted by Gasteiger charge is -2.25. The van der Waals surface area contributed by atoms with E-state index in [-0.39, 0.29) is 12.2 Å². The van der Waals surface area contributed by atoms with Crippen molar-refractivity contribution in [3.8, 4) is 0 Å². The molecule has 0 unspecified atom stereocenters. The minimum atomic E-state index is -0.877.